The van der Waals surface area contributed by atoms with Crippen molar-refractivity contribution in [1.82, 2.24) is 14.3 Å². The number of benzene rings is 10. The molecule has 0 bridgehead atoms. The topological polar surface area (TPSA) is 61.9 Å². The molecule has 6 nitrogen and oxygen atoms in total. The van der Waals surface area contributed by atoms with E-state index in [-0.39, 0.29) is 0 Å². The third kappa shape index (κ3) is 7.36. The van der Waals surface area contributed by atoms with Crippen LogP contribution in [0.25, 0.3) is 77.5 Å². The van der Waals surface area contributed by atoms with Gasteiger partial charge >= 0.3 is 0 Å². The van der Waals surface area contributed by atoms with Crippen LogP contribution in [0.5, 0.6) is 0 Å². The summed E-state index contributed by atoms with van der Waals surface area (Å²) in [6.07, 6.45) is 3.43. The average molecular weight is 873 g/mol. The summed E-state index contributed by atoms with van der Waals surface area (Å²) in [7, 11) is 0. The highest BCUT2D eigenvalue weighted by atomic mass is 15.3. The van der Waals surface area contributed by atoms with E-state index < -0.39 is 0 Å². The Morgan fingerprint density at radius 3 is 1.51 bits per heavy atom. The van der Waals surface area contributed by atoms with Crippen LogP contribution in [0.15, 0.2) is 249 Å². The number of hydrogen-bond donors (Lipinski definition) is 2. The van der Waals surface area contributed by atoms with Gasteiger partial charge in [0, 0.05) is 62.1 Å². The molecule has 2 N–H and O–H groups in total. The lowest BCUT2D eigenvalue weighted by atomic mass is 10.0. The number of para-hydroxylation sites is 2. The summed E-state index contributed by atoms with van der Waals surface area (Å²) in [5.41, 5.74) is 18.0. The van der Waals surface area contributed by atoms with Crippen molar-refractivity contribution in [2.24, 2.45) is 0 Å². The van der Waals surface area contributed by atoms with Gasteiger partial charge in [0.2, 0.25) is 0 Å². The predicted molar refractivity (Wildman–Crippen MR) is 284 cm³/mol. The van der Waals surface area contributed by atoms with Crippen molar-refractivity contribution in [3.63, 3.8) is 0 Å². The van der Waals surface area contributed by atoms with Crippen molar-refractivity contribution in [3.8, 4) is 44.8 Å². The first-order valence-electron chi connectivity index (χ1n) is 22.9. The molecule has 0 fully saturated rings. The fraction of sp³-hybridized carbons (Fsp3) is 0. The zero-order valence-electron chi connectivity index (χ0n) is 37.0. The highest BCUT2D eigenvalue weighted by Gasteiger charge is 2.20. The molecule has 0 spiro atoms. The molecule has 12 aromatic rings. The van der Waals surface area contributed by atoms with Gasteiger partial charge in [0.15, 0.2) is 0 Å². The number of nitrogens with one attached hydrogen (secondary N) is 2. The second kappa shape index (κ2) is 17.3. The van der Waals surface area contributed by atoms with Gasteiger partial charge in [-0.2, -0.15) is 5.10 Å². The summed E-state index contributed by atoms with van der Waals surface area (Å²) < 4.78 is 4.30. The van der Waals surface area contributed by atoms with E-state index in [0.29, 0.717) is 0 Å². The third-order valence-electron chi connectivity index (χ3n) is 12.9. The molecule has 6 heteroatoms. The molecule has 0 atom stereocenters. The first-order chi connectivity index (χ1) is 33.7. The minimum absolute atomic E-state index is 0.831. The molecule has 2 aromatic heterocycles. The molecule has 12 rings (SSSR count). The molecule has 0 saturated carbocycles. The maximum Gasteiger partial charge on any atom is 0.0741 e. The van der Waals surface area contributed by atoms with Crippen LogP contribution < -0.4 is 10.2 Å². The van der Waals surface area contributed by atoms with E-state index in [2.05, 4.69) is 221 Å². The number of aromatic nitrogens is 3. The van der Waals surface area contributed by atoms with Crippen molar-refractivity contribution in [2.45, 2.75) is 0 Å². The van der Waals surface area contributed by atoms with Crippen molar-refractivity contribution in [2.75, 3.05) is 10.2 Å². The Kier molecular flexibility index (Phi) is 10.2. The first-order valence-corrected chi connectivity index (χ1v) is 22.9. The molecule has 0 aliphatic rings. The molecule has 322 valence electrons. The Morgan fingerprint density at radius 2 is 0.926 bits per heavy atom. The van der Waals surface area contributed by atoms with Gasteiger partial charge in [0.25, 0.3) is 0 Å². The maximum absolute atomic E-state index is 8.66. The fourth-order valence-electron chi connectivity index (χ4n) is 9.57. The van der Waals surface area contributed by atoms with Gasteiger partial charge in [0.1, 0.15) is 0 Å². The summed E-state index contributed by atoms with van der Waals surface area (Å²) in [4.78, 5) is 2.31. The van der Waals surface area contributed by atoms with E-state index in [1.807, 2.05) is 47.3 Å². The van der Waals surface area contributed by atoms with Crippen LogP contribution in [-0.4, -0.2) is 20.6 Å². The van der Waals surface area contributed by atoms with Crippen molar-refractivity contribution >= 4 is 67.4 Å². The normalized spacial score (nSPS) is 11.3. The van der Waals surface area contributed by atoms with Crippen LogP contribution in [0.1, 0.15) is 5.56 Å². The number of rotatable bonds is 11. The molecule has 68 heavy (non-hydrogen) atoms. The Bertz CT molecular complexity index is 3650. The Labute approximate surface area is 394 Å². The summed E-state index contributed by atoms with van der Waals surface area (Å²) in [5, 5.41) is 20.4. The molecule has 0 unspecified atom stereocenters. The van der Waals surface area contributed by atoms with Crippen LogP contribution in [0.2, 0.25) is 0 Å². The summed E-state index contributed by atoms with van der Waals surface area (Å²) in [5.74, 6) is 0. The lowest BCUT2D eigenvalue weighted by Crippen LogP contribution is -2.10. The van der Waals surface area contributed by atoms with Crippen LogP contribution in [0.4, 0.5) is 28.4 Å². The molecular weight excluding hydrogens is 829 g/mol. The van der Waals surface area contributed by atoms with Gasteiger partial charge in [0.05, 0.1) is 28.4 Å². The minimum atomic E-state index is 0.831. The standard InChI is InChI=1S/C62H44N6/c63-41-58-59(65-50-17-9-3-10-18-50)36-35-56-57-40-48(26-38-61(57)67(62(56)58)51-19-11-4-12-20-51)47-25-37-60-49(39-47)42-64-68(60)55-33-31-54(32-34-55)66(52-27-21-45(22-28-52)43-13-5-1-6-14-43)53-29-23-46(24-30-53)44-15-7-2-8-16-44/h1-42,63,65H. The number of nitrogens with zero attached hydrogens (tertiary/aromatic N) is 4. The molecule has 0 amide bonds. The highest BCUT2D eigenvalue weighted by molar-refractivity contribution is 6.17. The number of fused-ring (bicyclic) bond motifs is 4. The second-order valence-electron chi connectivity index (χ2n) is 17.0. The molecule has 0 aliphatic carbocycles. The van der Waals surface area contributed by atoms with Crippen LogP contribution in [0, 0.1) is 5.41 Å². The van der Waals surface area contributed by atoms with Crippen LogP contribution in [0.3, 0.4) is 0 Å². The Morgan fingerprint density at radius 1 is 0.426 bits per heavy atom. The van der Waals surface area contributed by atoms with Crippen LogP contribution in [-0.2, 0) is 0 Å². The highest BCUT2D eigenvalue weighted by Crippen LogP contribution is 2.41. The van der Waals surface area contributed by atoms with Crippen molar-refractivity contribution in [3.05, 3.63) is 254 Å². The fourth-order valence-corrected chi connectivity index (χ4v) is 9.57. The van der Waals surface area contributed by atoms with E-state index in [0.717, 1.165) is 89.2 Å². The van der Waals surface area contributed by atoms with Gasteiger partial charge in [-0.1, -0.05) is 140 Å². The van der Waals surface area contributed by atoms with E-state index in [4.69, 9.17) is 10.5 Å². The molecule has 0 radical (unpaired) electrons. The SMILES string of the molecule is N=Cc1c(Nc2ccccc2)ccc2c3cc(-c4ccc5c(cnn5-c5ccc(N(c6ccc(-c7ccccc7)cc6)c6ccc(-c7ccccc7)cc6)cc5)c4)ccc3n(-c3ccccc3)c12. The molecule has 2 heterocycles. The van der Waals surface area contributed by atoms with Gasteiger partial charge in [-0.05, 0) is 137 Å². The zero-order valence-corrected chi connectivity index (χ0v) is 37.0. The van der Waals surface area contributed by atoms with Crippen LogP contribution >= 0.6 is 0 Å². The van der Waals surface area contributed by atoms with Gasteiger partial charge in [-0.15, -0.1) is 0 Å². The molecule has 10 aromatic carbocycles. The zero-order chi connectivity index (χ0) is 45.4. The van der Waals surface area contributed by atoms with Crippen molar-refractivity contribution in [1.29, 1.82) is 5.41 Å². The Hall–Kier alpha value is -9.26. The molecule has 0 saturated heterocycles. The summed E-state index contributed by atoms with van der Waals surface area (Å²) in [6.45, 7) is 0. The Balaban J connectivity index is 0.883. The predicted octanol–water partition coefficient (Wildman–Crippen LogP) is 16.3. The molecule has 0 aliphatic heterocycles. The lowest BCUT2D eigenvalue weighted by Gasteiger charge is -2.26. The molecular formula is C62H44N6. The van der Waals surface area contributed by atoms with E-state index in [1.54, 1.807) is 0 Å². The summed E-state index contributed by atoms with van der Waals surface area (Å²) in [6, 6.07) is 85.4. The number of anilines is 5. The van der Waals surface area contributed by atoms with E-state index in [9.17, 15) is 0 Å². The average Bonchev–Trinajstić information content (AvgIpc) is 3.99. The third-order valence-corrected chi connectivity index (χ3v) is 12.9. The smallest absolute Gasteiger partial charge is 0.0741 e. The minimum Gasteiger partial charge on any atom is -0.355 e. The largest absolute Gasteiger partial charge is 0.355 e. The number of hydrogen-bond acceptors (Lipinski definition) is 4. The van der Waals surface area contributed by atoms with Gasteiger partial charge in [-0.3, -0.25) is 0 Å². The first kappa shape index (κ1) is 40.3. The lowest BCUT2D eigenvalue weighted by molar-refractivity contribution is 0.910. The monoisotopic (exact) mass is 872 g/mol. The van der Waals surface area contributed by atoms with E-state index >= 15 is 0 Å². The van der Waals surface area contributed by atoms with Crippen molar-refractivity contribution < 1.29 is 0 Å². The maximum atomic E-state index is 8.66. The van der Waals surface area contributed by atoms with E-state index in [1.165, 1.54) is 28.5 Å². The van der Waals surface area contributed by atoms with Gasteiger partial charge < -0.3 is 20.2 Å². The van der Waals surface area contributed by atoms with Gasteiger partial charge in [-0.25, -0.2) is 4.68 Å². The quantitative estimate of drug-likeness (QED) is 0.127. The second-order valence-corrected chi connectivity index (χ2v) is 17.0. The summed E-state index contributed by atoms with van der Waals surface area (Å²) >= 11 is 0.